The van der Waals surface area contributed by atoms with Crippen LogP contribution >= 0.6 is 0 Å². The van der Waals surface area contributed by atoms with E-state index in [0.29, 0.717) is 11.3 Å². The molecule has 0 aliphatic rings. The van der Waals surface area contributed by atoms with Crippen molar-refractivity contribution in [2.24, 2.45) is 0 Å². The van der Waals surface area contributed by atoms with Crippen molar-refractivity contribution in [2.75, 3.05) is 6.61 Å². The van der Waals surface area contributed by atoms with Crippen LogP contribution in [-0.4, -0.2) is 28.0 Å². The highest BCUT2D eigenvalue weighted by molar-refractivity contribution is 5.89. The van der Waals surface area contributed by atoms with Crippen molar-refractivity contribution >= 4 is 5.97 Å². The number of carbonyl (C=O) groups is 1. The van der Waals surface area contributed by atoms with Crippen LogP contribution in [0, 0.1) is 12.3 Å². The van der Waals surface area contributed by atoms with E-state index in [9.17, 15) is 4.79 Å². The highest BCUT2D eigenvalue weighted by Crippen LogP contribution is 2.22. The van der Waals surface area contributed by atoms with Gasteiger partial charge in [-0.05, 0) is 25.1 Å². The van der Waals surface area contributed by atoms with Gasteiger partial charge in [-0.2, -0.15) is 0 Å². The fraction of sp³-hybridized carbons (Fsp3) is 0.154. The second-order valence-corrected chi connectivity index (χ2v) is 3.49. The van der Waals surface area contributed by atoms with Crippen molar-refractivity contribution in [1.29, 1.82) is 0 Å². The van der Waals surface area contributed by atoms with Crippen LogP contribution < -0.4 is 4.74 Å². The average Bonchev–Trinajstić information content (AvgIpc) is 2.87. The third-order valence-electron chi connectivity index (χ3n) is 2.21. The minimum Gasteiger partial charge on any atom is -0.461 e. The molecule has 0 fully saturated rings. The Morgan fingerprint density at radius 1 is 1.53 bits per heavy atom. The number of nitrogens with one attached hydrogen (secondary N) is 1. The zero-order valence-electron chi connectivity index (χ0n) is 10.2. The number of H-pyrrole nitrogens is 1. The Labute approximate surface area is 109 Å². The van der Waals surface area contributed by atoms with Crippen LogP contribution in [0.3, 0.4) is 0 Å². The summed E-state index contributed by atoms with van der Waals surface area (Å²) in [5.41, 5.74) is 0.728. The van der Waals surface area contributed by atoms with Gasteiger partial charge >= 0.3 is 5.97 Å². The molecule has 6 nitrogen and oxygen atoms in total. The molecule has 0 bridgehead atoms. The molecule has 0 aliphatic heterocycles. The van der Waals surface area contributed by atoms with Gasteiger partial charge in [0, 0.05) is 5.56 Å². The standard InChI is InChI=1S/C13H11N3O3/c1-3-9-6-5-7-10(8-9)19-12-11(14-16-15-12)13(17)18-4-2/h1,5-8H,4H2,2H3,(H,14,15,16). The Bertz CT molecular complexity index is 628. The topological polar surface area (TPSA) is 77.1 Å². The smallest absolute Gasteiger partial charge is 0.362 e. The lowest BCUT2D eigenvalue weighted by molar-refractivity contribution is 0.0516. The lowest BCUT2D eigenvalue weighted by Gasteiger charge is -2.04. The van der Waals surface area contributed by atoms with E-state index in [-0.39, 0.29) is 18.2 Å². The summed E-state index contributed by atoms with van der Waals surface area (Å²) in [6, 6.07) is 6.87. The van der Waals surface area contributed by atoms with Gasteiger partial charge < -0.3 is 9.47 Å². The second kappa shape index (κ2) is 5.69. The van der Waals surface area contributed by atoms with Crippen molar-refractivity contribution < 1.29 is 14.3 Å². The summed E-state index contributed by atoms with van der Waals surface area (Å²) >= 11 is 0. The van der Waals surface area contributed by atoms with Gasteiger partial charge in [-0.15, -0.1) is 6.42 Å². The van der Waals surface area contributed by atoms with Crippen LogP contribution in [0.4, 0.5) is 0 Å². The molecule has 2 aromatic rings. The molecule has 0 aliphatic carbocycles. The van der Waals surface area contributed by atoms with Gasteiger partial charge in [-0.3, -0.25) is 0 Å². The third kappa shape index (κ3) is 2.90. The number of nitrogens with zero attached hydrogens (tertiary/aromatic N) is 2. The number of ether oxygens (including phenoxy) is 2. The molecule has 1 aromatic carbocycles. The van der Waals surface area contributed by atoms with E-state index in [1.54, 1.807) is 31.2 Å². The highest BCUT2D eigenvalue weighted by Gasteiger charge is 2.18. The Kier molecular flexibility index (Phi) is 3.78. The first kappa shape index (κ1) is 12.6. The summed E-state index contributed by atoms with van der Waals surface area (Å²) in [4.78, 5) is 11.6. The summed E-state index contributed by atoms with van der Waals surface area (Å²) in [5.74, 6) is 2.43. The first-order valence-corrected chi connectivity index (χ1v) is 5.57. The second-order valence-electron chi connectivity index (χ2n) is 3.49. The van der Waals surface area contributed by atoms with Crippen molar-refractivity contribution in [2.45, 2.75) is 6.92 Å². The Hall–Kier alpha value is -2.81. The zero-order valence-corrected chi connectivity index (χ0v) is 10.2. The monoisotopic (exact) mass is 257 g/mol. The van der Waals surface area contributed by atoms with Gasteiger partial charge in [0.1, 0.15) is 5.75 Å². The Balaban J connectivity index is 2.22. The maximum absolute atomic E-state index is 11.6. The lowest BCUT2D eigenvalue weighted by Crippen LogP contribution is -2.06. The Morgan fingerprint density at radius 2 is 2.37 bits per heavy atom. The van der Waals surface area contributed by atoms with Crippen LogP contribution in [0.2, 0.25) is 0 Å². The molecule has 96 valence electrons. The molecule has 0 atom stereocenters. The number of carbonyl (C=O) groups excluding carboxylic acids is 1. The van der Waals surface area contributed by atoms with E-state index in [2.05, 4.69) is 21.3 Å². The summed E-state index contributed by atoms with van der Waals surface area (Å²) in [6.45, 7) is 1.96. The summed E-state index contributed by atoms with van der Waals surface area (Å²) in [5, 5.41) is 9.65. The van der Waals surface area contributed by atoms with Crippen molar-refractivity contribution in [3.63, 3.8) is 0 Å². The molecule has 1 N–H and O–H groups in total. The van der Waals surface area contributed by atoms with E-state index in [1.165, 1.54) is 0 Å². The van der Waals surface area contributed by atoms with Gasteiger partial charge in [-0.1, -0.05) is 22.3 Å². The SMILES string of the molecule is C#Cc1cccc(Oc2nn[nH]c2C(=O)OCC)c1. The maximum atomic E-state index is 11.6. The van der Waals surface area contributed by atoms with Crippen LogP contribution in [0.15, 0.2) is 24.3 Å². The van der Waals surface area contributed by atoms with Gasteiger partial charge in [0.2, 0.25) is 5.69 Å². The molecule has 0 radical (unpaired) electrons. The molecule has 0 spiro atoms. The molecule has 0 amide bonds. The first-order valence-electron chi connectivity index (χ1n) is 5.57. The maximum Gasteiger partial charge on any atom is 0.362 e. The predicted octanol–water partition coefficient (Wildman–Crippen LogP) is 1.75. The number of rotatable bonds is 4. The molecule has 2 rings (SSSR count). The fourth-order valence-corrected chi connectivity index (χ4v) is 1.39. The van der Waals surface area contributed by atoms with Crippen molar-refractivity contribution in [3.05, 3.63) is 35.5 Å². The van der Waals surface area contributed by atoms with E-state index in [4.69, 9.17) is 15.9 Å². The van der Waals surface area contributed by atoms with Crippen LogP contribution in [0.25, 0.3) is 0 Å². The number of hydrogen-bond donors (Lipinski definition) is 1. The minimum atomic E-state index is -0.574. The first-order chi connectivity index (χ1) is 9.24. The number of aromatic amines is 1. The van der Waals surface area contributed by atoms with Crippen LogP contribution in [0.1, 0.15) is 23.0 Å². The molecule has 0 saturated heterocycles. The number of terminal acetylenes is 1. The molecule has 0 saturated carbocycles. The fourth-order valence-electron chi connectivity index (χ4n) is 1.39. The minimum absolute atomic E-state index is 0.0487. The molecule has 0 unspecified atom stereocenters. The predicted molar refractivity (Wildman–Crippen MR) is 66.8 cm³/mol. The van der Waals surface area contributed by atoms with E-state index in [1.807, 2.05) is 0 Å². The van der Waals surface area contributed by atoms with E-state index < -0.39 is 5.97 Å². The van der Waals surface area contributed by atoms with Gasteiger partial charge in [-0.25, -0.2) is 9.89 Å². The number of aromatic nitrogens is 3. The largest absolute Gasteiger partial charge is 0.461 e. The average molecular weight is 257 g/mol. The van der Waals surface area contributed by atoms with Gasteiger partial charge in [0.05, 0.1) is 6.61 Å². The number of benzene rings is 1. The van der Waals surface area contributed by atoms with E-state index in [0.717, 1.165) is 0 Å². The molecule has 1 heterocycles. The molecule has 1 aromatic heterocycles. The molecule has 19 heavy (non-hydrogen) atoms. The highest BCUT2D eigenvalue weighted by atomic mass is 16.5. The molecule has 6 heteroatoms. The quantitative estimate of drug-likeness (QED) is 0.667. The zero-order chi connectivity index (χ0) is 13.7. The van der Waals surface area contributed by atoms with Gasteiger partial charge in [0.15, 0.2) is 0 Å². The Morgan fingerprint density at radius 3 is 3.11 bits per heavy atom. The molecular weight excluding hydrogens is 246 g/mol. The third-order valence-corrected chi connectivity index (χ3v) is 2.21. The van der Waals surface area contributed by atoms with Gasteiger partial charge in [0.25, 0.3) is 5.88 Å². The van der Waals surface area contributed by atoms with Crippen molar-refractivity contribution in [1.82, 2.24) is 15.4 Å². The lowest BCUT2D eigenvalue weighted by atomic mass is 10.2. The van der Waals surface area contributed by atoms with Crippen LogP contribution in [-0.2, 0) is 4.74 Å². The molecular formula is C13H11N3O3. The van der Waals surface area contributed by atoms with Crippen molar-refractivity contribution in [3.8, 4) is 24.0 Å². The number of hydrogen-bond acceptors (Lipinski definition) is 5. The number of esters is 1. The van der Waals surface area contributed by atoms with Crippen LogP contribution in [0.5, 0.6) is 11.6 Å². The summed E-state index contributed by atoms with van der Waals surface area (Å²) in [7, 11) is 0. The summed E-state index contributed by atoms with van der Waals surface area (Å²) < 4.78 is 10.3. The van der Waals surface area contributed by atoms with E-state index >= 15 is 0 Å². The normalized spacial score (nSPS) is 9.68. The summed E-state index contributed by atoms with van der Waals surface area (Å²) in [6.07, 6.45) is 5.30.